The van der Waals surface area contributed by atoms with Crippen molar-refractivity contribution in [1.82, 2.24) is 10.2 Å². The van der Waals surface area contributed by atoms with Gasteiger partial charge in [0.05, 0.1) is 0 Å². The highest BCUT2D eigenvalue weighted by Gasteiger charge is 2.19. The van der Waals surface area contributed by atoms with Crippen molar-refractivity contribution >= 4 is 11.5 Å². The number of aromatic nitrogens is 2. The van der Waals surface area contributed by atoms with Crippen molar-refractivity contribution in [3.8, 4) is 0 Å². The Kier molecular flexibility index (Phi) is 3.38. The van der Waals surface area contributed by atoms with Crippen LogP contribution in [-0.4, -0.2) is 21.2 Å². The van der Waals surface area contributed by atoms with Gasteiger partial charge in [0.25, 0.3) is 0 Å². The zero-order chi connectivity index (χ0) is 11.4. The molecule has 0 saturated heterocycles. The maximum absolute atomic E-state index is 10.7. The Morgan fingerprint density at radius 2 is 2.06 bits per heavy atom. The molecule has 0 aliphatic heterocycles. The van der Waals surface area contributed by atoms with Gasteiger partial charge >= 0.3 is 5.82 Å². The first-order valence-electron chi connectivity index (χ1n) is 5.71. The van der Waals surface area contributed by atoms with Crippen LogP contribution in [0, 0.1) is 10.1 Å². The monoisotopic (exact) mass is 224 g/mol. The maximum Gasteiger partial charge on any atom is 0.366 e. The topological polar surface area (TPSA) is 83.8 Å². The predicted octanol–water partition coefficient (Wildman–Crippen LogP) is 2.45. The van der Waals surface area contributed by atoms with E-state index in [-0.39, 0.29) is 5.82 Å². The summed E-state index contributed by atoms with van der Waals surface area (Å²) >= 11 is 0. The number of rotatable bonds is 3. The smallest absolute Gasteiger partial charge is 0.366 e. The van der Waals surface area contributed by atoms with Gasteiger partial charge in [0, 0.05) is 6.04 Å². The summed E-state index contributed by atoms with van der Waals surface area (Å²) in [4.78, 5) is 10.2. The van der Waals surface area contributed by atoms with Crippen LogP contribution in [0.2, 0.25) is 0 Å². The molecule has 1 fully saturated rings. The van der Waals surface area contributed by atoms with E-state index in [1.807, 2.05) is 0 Å². The fraction of sp³-hybridized carbons (Fsp3) is 0.700. The molecule has 16 heavy (non-hydrogen) atoms. The summed E-state index contributed by atoms with van der Waals surface area (Å²) in [5, 5.41) is 20.0. The Bertz CT molecular complexity index is 355. The fourth-order valence-electron chi connectivity index (χ4n) is 2.17. The van der Waals surface area contributed by atoms with Crippen LogP contribution in [0.25, 0.3) is 0 Å². The van der Waals surface area contributed by atoms with Gasteiger partial charge in [-0.15, -0.1) is 5.10 Å². The lowest BCUT2D eigenvalue weighted by Gasteiger charge is -2.15. The molecule has 1 aliphatic carbocycles. The van der Waals surface area contributed by atoms with Crippen molar-refractivity contribution in [2.24, 2.45) is 0 Å². The minimum atomic E-state index is -0.438. The average molecular weight is 224 g/mol. The normalized spacial score (nSPS) is 18.0. The molecule has 2 rings (SSSR count). The summed E-state index contributed by atoms with van der Waals surface area (Å²) in [5.41, 5.74) is 0.511. The molecule has 1 heterocycles. The summed E-state index contributed by atoms with van der Waals surface area (Å²) < 4.78 is 0. The molecule has 1 saturated carbocycles. The minimum absolute atomic E-state index is 0.0377. The van der Waals surface area contributed by atoms with Crippen molar-refractivity contribution in [2.45, 2.75) is 44.6 Å². The van der Waals surface area contributed by atoms with Crippen LogP contribution in [0.1, 0.15) is 38.5 Å². The molecule has 0 aromatic carbocycles. The highest BCUT2D eigenvalue weighted by atomic mass is 16.6. The van der Waals surface area contributed by atoms with Crippen molar-refractivity contribution in [1.29, 1.82) is 0 Å². The van der Waals surface area contributed by atoms with E-state index in [1.165, 1.54) is 31.9 Å². The molecule has 1 aliphatic rings. The number of aromatic amines is 1. The molecule has 0 bridgehead atoms. The van der Waals surface area contributed by atoms with Gasteiger partial charge in [0.15, 0.2) is 5.69 Å². The number of hydrogen-bond acceptors (Lipinski definition) is 4. The maximum atomic E-state index is 10.7. The highest BCUT2D eigenvalue weighted by Crippen LogP contribution is 2.25. The number of nitrogens with one attached hydrogen (secondary N) is 2. The Morgan fingerprint density at radius 1 is 1.38 bits per heavy atom. The van der Waals surface area contributed by atoms with E-state index in [0.29, 0.717) is 11.7 Å². The summed E-state index contributed by atoms with van der Waals surface area (Å²) in [7, 11) is 0. The van der Waals surface area contributed by atoms with E-state index in [2.05, 4.69) is 15.5 Å². The molecular weight excluding hydrogens is 208 g/mol. The van der Waals surface area contributed by atoms with Crippen LogP contribution in [-0.2, 0) is 0 Å². The lowest BCUT2D eigenvalue weighted by atomic mass is 10.1. The molecular formula is C10H16N4O2. The number of nitro groups is 1. The van der Waals surface area contributed by atoms with E-state index in [1.54, 1.807) is 0 Å². The first-order valence-corrected chi connectivity index (χ1v) is 5.71. The lowest BCUT2D eigenvalue weighted by molar-refractivity contribution is -0.388. The Hall–Kier alpha value is -1.59. The first kappa shape index (κ1) is 10.9. The molecule has 88 valence electrons. The third-order valence-corrected chi connectivity index (χ3v) is 3.02. The molecule has 1 aromatic heterocycles. The third-order valence-electron chi connectivity index (χ3n) is 3.02. The molecule has 6 nitrogen and oxygen atoms in total. The second-order valence-corrected chi connectivity index (χ2v) is 4.22. The first-order chi connectivity index (χ1) is 7.77. The van der Waals surface area contributed by atoms with Crippen molar-refractivity contribution in [3.63, 3.8) is 0 Å². The Labute approximate surface area is 93.6 Å². The van der Waals surface area contributed by atoms with E-state index in [9.17, 15) is 10.1 Å². The number of hydrogen-bond donors (Lipinski definition) is 2. The van der Waals surface area contributed by atoms with Crippen molar-refractivity contribution in [3.05, 3.63) is 16.3 Å². The van der Waals surface area contributed by atoms with E-state index in [4.69, 9.17) is 0 Å². The lowest BCUT2D eigenvalue weighted by Crippen LogP contribution is -2.18. The van der Waals surface area contributed by atoms with E-state index >= 15 is 0 Å². The van der Waals surface area contributed by atoms with E-state index < -0.39 is 4.92 Å². The van der Waals surface area contributed by atoms with Gasteiger partial charge in [-0.3, -0.25) is 0 Å². The summed E-state index contributed by atoms with van der Waals surface area (Å²) in [6.07, 6.45) is 8.59. The summed E-state index contributed by atoms with van der Waals surface area (Å²) in [5.74, 6) is -0.0377. The molecule has 0 atom stereocenters. The molecule has 0 spiro atoms. The predicted molar refractivity (Wildman–Crippen MR) is 60.4 cm³/mol. The zero-order valence-electron chi connectivity index (χ0n) is 9.11. The van der Waals surface area contributed by atoms with Gasteiger partial charge < -0.3 is 15.4 Å². The molecule has 1 aromatic rings. The van der Waals surface area contributed by atoms with Crippen molar-refractivity contribution < 1.29 is 4.92 Å². The Morgan fingerprint density at radius 3 is 2.69 bits per heavy atom. The van der Waals surface area contributed by atoms with Crippen LogP contribution in [0.3, 0.4) is 0 Å². The van der Waals surface area contributed by atoms with Crippen LogP contribution in [0.4, 0.5) is 11.5 Å². The SMILES string of the molecule is O=[N+]([O-])c1[nH]ncc1NC1CCCCCC1. The van der Waals surface area contributed by atoms with Crippen LogP contribution >= 0.6 is 0 Å². The number of anilines is 1. The quantitative estimate of drug-likeness (QED) is 0.469. The largest absolute Gasteiger partial charge is 0.374 e. The number of H-pyrrole nitrogens is 1. The standard InChI is InChI=1S/C10H16N4O2/c15-14(16)10-9(7-11-13-10)12-8-5-3-1-2-4-6-8/h7-8,12H,1-6H2,(H,11,13). The van der Waals surface area contributed by atoms with E-state index in [0.717, 1.165) is 12.8 Å². The number of nitrogens with zero attached hydrogens (tertiary/aromatic N) is 2. The van der Waals surface area contributed by atoms with Gasteiger partial charge in [-0.2, -0.15) is 0 Å². The van der Waals surface area contributed by atoms with Crippen molar-refractivity contribution in [2.75, 3.05) is 5.32 Å². The van der Waals surface area contributed by atoms with Gasteiger partial charge in [0.1, 0.15) is 6.20 Å². The molecule has 0 unspecified atom stereocenters. The molecule has 0 radical (unpaired) electrons. The molecule has 2 N–H and O–H groups in total. The van der Waals surface area contributed by atoms with Gasteiger partial charge in [-0.05, 0) is 17.8 Å². The zero-order valence-corrected chi connectivity index (χ0v) is 9.11. The van der Waals surface area contributed by atoms with Gasteiger partial charge in [-0.1, -0.05) is 30.8 Å². The fourth-order valence-corrected chi connectivity index (χ4v) is 2.17. The summed E-state index contributed by atoms with van der Waals surface area (Å²) in [6.45, 7) is 0. The highest BCUT2D eigenvalue weighted by molar-refractivity contribution is 5.56. The summed E-state index contributed by atoms with van der Waals surface area (Å²) in [6, 6.07) is 0.346. The minimum Gasteiger partial charge on any atom is -0.374 e. The van der Waals surface area contributed by atoms with Crippen LogP contribution in [0.5, 0.6) is 0 Å². The van der Waals surface area contributed by atoms with Crippen LogP contribution in [0.15, 0.2) is 6.20 Å². The molecule has 6 heteroatoms. The third kappa shape index (κ3) is 2.50. The van der Waals surface area contributed by atoms with Crippen LogP contribution < -0.4 is 5.32 Å². The second kappa shape index (κ2) is 4.96. The molecule has 0 amide bonds. The van der Waals surface area contributed by atoms with Gasteiger partial charge in [0.2, 0.25) is 0 Å². The average Bonchev–Trinajstić information content (AvgIpc) is 2.55. The second-order valence-electron chi connectivity index (χ2n) is 4.22. The Balaban J connectivity index is 2.01. The van der Waals surface area contributed by atoms with Gasteiger partial charge in [-0.25, -0.2) is 0 Å².